The summed E-state index contributed by atoms with van der Waals surface area (Å²) in [5.41, 5.74) is 15.8. The average Bonchev–Trinajstić information content (AvgIpc) is 3.56. The molecule has 11 rings (SSSR count). The zero-order valence-corrected chi connectivity index (χ0v) is 28.5. The van der Waals surface area contributed by atoms with E-state index in [4.69, 9.17) is 0 Å². The second-order valence-corrected chi connectivity index (χ2v) is 14.0. The highest BCUT2D eigenvalue weighted by molar-refractivity contribution is 6.99. The number of rotatable bonds is 5. The first-order valence-electron chi connectivity index (χ1n) is 18.2. The molecule has 2 nitrogen and oxygen atoms in total. The van der Waals surface area contributed by atoms with Gasteiger partial charge in [0.15, 0.2) is 0 Å². The van der Waals surface area contributed by atoms with Crippen LogP contribution in [0.25, 0.3) is 27.5 Å². The topological polar surface area (TPSA) is 8.17 Å². The van der Waals surface area contributed by atoms with Crippen LogP contribution in [0.1, 0.15) is 22.3 Å². The fraction of sp³-hybridized carbons (Fsp3) is 0.0204. The maximum absolute atomic E-state index is 2.57. The molecule has 3 heterocycles. The van der Waals surface area contributed by atoms with Crippen molar-refractivity contribution in [1.29, 1.82) is 0 Å². The number of hydrogen-bond acceptors (Lipinski definition) is 1. The highest BCUT2D eigenvalue weighted by atomic mass is 15.1. The molecule has 0 spiro atoms. The van der Waals surface area contributed by atoms with Gasteiger partial charge in [0, 0.05) is 39.0 Å². The van der Waals surface area contributed by atoms with Crippen molar-refractivity contribution in [1.82, 2.24) is 4.57 Å². The molecule has 0 unspecified atom stereocenters. The van der Waals surface area contributed by atoms with Crippen LogP contribution in [-0.2, 0) is 5.41 Å². The molecule has 9 aromatic rings. The molecule has 2 aliphatic rings. The molecule has 0 amide bonds. The van der Waals surface area contributed by atoms with Gasteiger partial charge in [-0.2, -0.15) is 0 Å². The Bertz CT molecular complexity index is 2710. The minimum atomic E-state index is -0.580. The predicted molar refractivity (Wildman–Crippen MR) is 218 cm³/mol. The first-order chi connectivity index (χ1) is 25.8. The van der Waals surface area contributed by atoms with E-state index in [-0.39, 0.29) is 6.71 Å². The normalized spacial score (nSPS) is 13.5. The summed E-state index contributed by atoms with van der Waals surface area (Å²) in [6.45, 7) is 0.0678. The Labute approximate surface area is 303 Å². The predicted octanol–water partition coefficient (Wildman–Crippen LogP) is 9.78. The zero-order valence-electron chi connectivity index (χ0n) is 28.5. The minimum absolute atomic E-state index is 0.0678. The molecule has 0 saturated heterocycles. The van der Waals surface area contributed by atoms with Gasteiger partial charge in [-0.05, 0) is 75.6 Å². The third-order valence-corrected chi connectivity index (χ3v) is 11.5. The van der Waals surface area contributed by atoms with Crippen LogP contribution in [0.4, 0.5) is 17.1 Å². The third-order valence-electron chi connectivity index (χ3n) is 11.5. The molecule has 0 bridgehead atoms. The van der Waals surface area contributed by atoms with Gasteiger partial charge >= 0.3 is 0 Å². The van der Waals surface area contributed by atoms with E-state index in [0.29, 0.717) is 0 Å². The molecule has 52 heavy (non-hydrogen) atoms. The van der Waals surface area contributed by atoms with Crippen LogP contribution in [0.3, 0.4) is 0 Å². The van der Waals surface area contributed by atoms with E-state index in [1.807, 2.05) is 0 Å². The van der Waals surface area contributed by atoms with Gasteiger partial charge in [-0.25, -0.2) is 0 Å². The Morgan fingerprint density at radius 1 is 0.423 bits per heavy atom. The molecule has 8 aromatic carbocycles. The zero-order chi connectivity index (χ0) is 34.2. The van der Waals surface area contributed by atoms with Gasteiger partial charge in [0.25, 0.3) is 0 Å². The van der Waals surface area contributed by atoms with Crippen LogP contribution in [0, 0.1) is 0 Å². The highest BCUT2D eigenvalue weighted by Gasteiger charge is 2.51. The van der Waals surface area contributed by atoms with E-state index >= 15 is 0 Å². The fourth-order valence-electron chi connectivity index (χ4n) is 9.56. The van der Waals surface area contributed by atoms with Crippen LogP contribution >= 0.6 is 0 Å². The van der Waals surface area contributed by atoms with Crippen LogP contribution in [0.5, 0.6) is 0 Å². The molecule has 0 N–H and O–H groups in total. The van der Waals surface area contributed by atoms with E-state index in [2.05, 4.69) is 210 Å². The van der Waals surface area contributed by atoms with Crippen molar-refractivity contribution in [2.45, 2.75) is 5.41 Å². The van der Waals surface area contributed by atoms with Crippen LogP contribution in [0.2, 0.25) is 0 Å². The molecule has 0 fully saturated rings. The second-order valence-electron chi connectivity index (χ2n) is 14.0. The Balaban J connectivity index is 1.38. The van der Waals surface area contributed by atoms with Crippen molar-refractivity contribution in [3.05, 3.63) is 222 Å². The second kappa shape index (κ2) is 11.2. The van der Waals surface area contributed by atoms with Crippen molar-refractivity contribution in [2.24, 2.45) is 0 Å². The summed E-state index contributed by atoms with van der Waals surface area (Å²) in [6.07, 6.45) is 0. The number of benzene rings is 8. The number of para-hydroxylation sites is 4. The van der Waals surface area contributed by atoms with Crippen molar-refractivity contribution < 1.29 is 0 Å². The maximum atomic E-state index is 2.57. The summed E-state index contributed by atoms with van der Waals surface area (Å²) < 4.78 is 2.57. The van der Waals surface area contributed by atoms with Crippen LogP contribution in [0.15, 0.2) is 200 Å². The number of anilines is 3. The quantitative estimate of drug-likeness (QED) is 0.167. The lowest BCUT2D eigenvalue weighted by Crippen LogP contribution is -2.64. The highest BCUT2D eigenvalue weighted by Crippen LogP contribution is 2.50. The van der Waals surface area contributed by atoms with Gasteiger partial charge in [-0.1, -0.05) is 163 Å². The van der Waals surface area contributed by atoms with Crippen molar-refractivity contribution in [2.75, 3.05) is 4.90 Å². The summed E-state index contributed by atoms with van der Waals surface area (Å²) in [5, 5.41) is 2.58. The molecule has 0 saturated carbocycles. The molecule has 0 aliphatic carbocycles. The van der Waals surface area contributed by atoms with Crippen molar-refractivity contribution in [3.8, 4) is 5.69 Å². The lowest BCUT2D eigenvalue weighted by atomic mass is 9.29. The lowest BCUT2D eigenvalue weighted by molar-refractivity contribution is 0.750. The summed E-state index contributed by atoms with van der Waals surface area (Å²) in [7, 11) is 0. The third kappa shape index (κ3) is 3.91. The molecule has 2 aliphatic heterocycles. The van der Waals surface area contributed by atoms with E-state index < -0.39 is 5.41 Å². The Morgan fingerprint density at radius 3 is 1.63 bits per heavy atom. The monoisotopic (exact) mass is 660 g/mol. The minimum Gasteiger partial charge on any atom is -0.310 e. The van der Waals surface area contributed by atoms with Gasteiger partial charge in [-0.15, -0.1) is 0 Å². The number of nitrogens with zero attached hydrogens (tertiary/aromatic N) is 2. The summed E-state index contributed by atoms with van der Waals surface area (Å²) in [4.78, 5) is 2.43. The number of hydrogen-bond donors (Lipinski definition) is 0. The van der Waals surface area contributed by atoms with Gasteiger partial charge in [0.05, 0.1) is 10.9 Å². The van der Waals surface area contributed by atoms with Crippen molar-refractivity contribution >= 4 is 62.0 Å². The molecule has 1 aromatic heterocycles. The van der Waals surface area contributed by atoms with Gasteiger partial charge in [0.2, 0.25) is 6.71 Å². The summed E-state index contributed by atoms with van der Waals surface area (Å²) >= 11 is 0. The van der Waals surface area contributed by atoms with Gasteiger partial charge in [0.1, 0.15) is 0 Å². The van der Waals surface area contributed by atoms with E-state index in [1.54, 1.807) is 0 Å². The van der Waals surface area contributed by atoms with Crippen LogP contribution < -0.4 is 21.3 Å². The number of fused-ring (bicyclic) bond motifs is 7. The fourth-order valence-corrected chi connectivity index (χ4v) is 9.56. The standard InChI is InChI=1S/C49H33BN2/c1-5-18-34(19-6-1)49(35-20-7-2-8-21-35)41-28-14-15-29-43(41)50-44-30-17-27-40-39-26-13-16-31-45(39)52(48(40)44)46-33-38(32-42(49)47(46)50)51(36-22-9-3-10-23-36)37-24-11-4-12-25-37/h1-33H. The maximum Gasteiger partial charge on any atom is 0.247 e. The van der Waals surface area contributed by atoms with E-state index in [0.717, 1.165) is 17.1 Å². The number of aromatic nitrogens is 1. The van der Waals surface area contributed by atoms with Gasteiger partial charge in [-0.3, -0.25) is 0 Å². The largest absolute Gasteiger partial charge is 0.310 e. The molecular formula is C49H33BN2. The summed E-state index contributed by atoms with van der Waals surface area (Å²) in [5.74, 6) is 0. The molecular weight excluding hydrogens is 627 g/mol. The van der Waals surface area contributed by atoms with E-state index in [9.17, 15) is 0 Å². The molecule has 242 valence electrons. The Morgan fingerprint density at radius 2 is 0.962 bits per heavy atom. The van der Waals surface area contributed by atoms with Crippen LogP contribution in [-0.4, -0.2) is 11.3 Å². The smallest absolute Gasteiger partial charge is 0.247 e. The first-order valence-corrected chi connectivity index (χ1v) is 18.2. The molecule has 0 atom stereocenters. The van der Waals surface area contributed by atoms with E-state index in [1.165, 1.54) is 66.1 Å². The average molecular weight is 661 g/mol. The lowest BCUT2D eigenvalue weighted by Gasteiger charge is -2.47. The molecule has 3 heteroatoms. The SMILES string of the molecule is c1ccc(N(c2ccccc2)c2cc3c4c(c2)C(c2ccccc2)(c2ccccc2)c2ccccc2B4c2cccc4c5ccccc5n-3c24)cc1. The Kier molecular flexibility index (Phi) is 6.29. The summed E-state index contributed by atoms with van der Waals surface area (Å²) in [6, 6.07) is 74.1. The molecule has 0 radical (unpaired) electrons. The van der Waals surface area contributed by atoms with Gasteiger partial charge < -0.3 is 9.47 Å². The Hall–Kier alpha value is -6.58. The first kappa shape index (κ1) is 29.2. The van der Waals surface area contributed by atoms with Crippen molar-refractivity contribution in [3.63, 3.8) is 0 Å².